The highest BCUT2D eigenvalue weighted by Gasteiger charge is 2.14. The molecule has 0 fully saturated rings. The third kappa shape index (κ3) is 3.35. The largest absolute Gasteiger partial charge is 0.303 e. The van der Waals surface area contributed by atoms with Crippen LogP contribution in [0.3, 0.4) is 0 Å². The average molecular weight is 345 g/mol. The summed E-state index contributed by atoms with van der Waals surface area (Å²) < 4.78 is 1.17. The van der Waals surface area contributed by atoms with Crippen molar-refractivity contribution >= 4 is 38.9 Å². The first kappa shape index (κ1) is 14.1. The van der Waals surface area contributed by atoms with Crippen LogP contribution in [-0.4, -0.2) is 0 Å². The summed E-state index contributed by atoms with van der Waals surface area (Å²) in [6.45, 7) is 4.33. The zero-order valence-electron chi connectivity index (χ0n) is 10.3. The molecule has 4 heteroatoms. The van der Waals surface area contributed by atoms with Crippen LogP contribution in [-0.2, 0) is 0 Å². The molecule has 1 N–H and O–H groups in total. The summed E-state index contributed by atoms with van der Waals surface area (Å²) in [6.07, 6.45) is 0. The fourth-order valence-corrected chi connectivity index (χ4v) is 3.87. The molecule has 2 atom stereocenters. The molecular formula is C14H15BrClNS. The molecular weight excluding hydrogens is 330 g/mol. The molecule has 2 rings (SSSR count). The summed E-state index contributed by atoms with van der Waals surface area (Å²) in [5.74, 6) is 0. The first-order valence-electron chi connectivity index (χ1n) is 5.82. The van der Waals surface area contributed by atoms with Gasteiger partial charge in [0.25, 0.3) is 0 Å². The first-order chi connectivity index (χ1) is 8.58. The Labute approximate surface area is 125 Å². The molecule has 1 nitrogen and oxygen atoms in total. The van der Waals surface area contributed by atoms with Gasteiger partial charge < -0.3 is 5.32 Å². The number of hydrogen-bond donors (Lipinski definition) is 1. The third-order valence-electron chi connectivity index (χ3n) is 2.89. The molecule has 96 valence electrons. The molecule has 1 aromatic carbocycles. The Hall–Kier alpha value is -0.350. The Morgan fingerprint density at radius 2 is 2.00 bits per heavy atom. The molecule has 0 radical (unpaired) electrons. The Bertz CT molecular complexity index is 526. The van der Waals surface area contributed by atoms with Gasteiger partial charge >= 0.3 is 0 Å². The molecule has 1 aromatic heterocycles. The van der Waals surface area contributed by atoms with Crippen LogP contribution in [0.2, 0.25) is 5.02 Å². The Morgan fingerprint density at radius 3 is 2.61 bits per heavy atom. The summed E-state index contributed by atoms with van der Waals surface area (Å²) >= 11 is 11.4. The van der Waals surface area contributed by atoms with Crippen LogP contribution in [0.5, 0.6) is 0 Å². The van der Waals surface area contributed by atoms with Crippen LogP contribution in [0.1, 0.15) is 36.4 Å². The van der Waals surface area contributed by atoms with Gasteiger partial charge in [-0.25, -0.2) is 0 Å². The van der Waals surface area contributed by atoms with Crippen LogP contribution >= 0.6 is 38.9 Å². The molecule has 1 heterocycles. The highest BCUT2D eigenvalue weighted by Crippen LogP contribution is 2.30. The van der Waals surface area contributed by atoms with Gasteiger partial charge in [0.1, 0.15) is 0 Å². The summed E-state index contributed by atoms with van der Waals surface area (Å²) in [6, 6.07) is 10.7. The SMILES string of the molecule is CC(N[C@H](C)c1cccc(Cl)c1)c1sccc1Br. The van der Waals surface area contributed by atoms with E-state index in [9.17, 15) is 0 Å². The van der Waals surface area contributed by atoms with Gasteiger partial charge in [-0.15, -0.1) is 11.3 Å². The minimum Gasteiger partial charge on any atom is -0.303 e. The Kier molecular flexibility index (Phi) is 4.84. The number of thiophene rings is 1. The van der Waals surface area contributed by atoms with E-state index < -0.39 is 0 Å². The second kappa shape index (κ2) is 6.20. The van der Waals surface area contributed by atoms with E-state index in [1.54, 1.807) is 11.3 Å². The van der Waals surface area contributed by atoms with Crippen LogP contribution < -0.4 is 5.32 Å². The van der Waals surface area contributed by atoms with Gasteiger partial charge in [-0.3, -0.25) is 0 Å². The van der Waals surface area contributed by atoms with E-state index in [1.165, 1.54) is 14.9 Å². The molecule has 0 amide bonds. The van der Waals surface area contributed by atoms with Crippen molar-refractivity contribution in [2.75, 3.05) is 0 Å². The lowest BCUT2D eigenvalue weighted by Gasteiger charge is -2.20. The Balaban J connectivity index is 2.08. The van der Waals surface area contributed by atoms with Gasteiger partial charge in [0, 0.05) is 26.5 Å². The van der Waals surface area contributed by atoms with E-state index in [0.29, 0.717) is 6.04 Å². The van der Waals surface area contributed by atoms with E-state index in [1.807, 2.05) is 18.2 Å². The maximum absolute atomic E-state index is 6.02. The highest BCUT2D eigenvalue weighted by atomic mass is 79.9. The predicted molar refractivity (Wildman–Crippen MR) is 83.4 cm³/mol. The number of hydrogen-bond acceptors (Lipinski definition) is 2. The summed E-state index contributed by atoms with van der Waals surface area (Å²) in [5.41, 5.74) is 1.21. The van der Waals surface area contributed by atoms with E-state index >= 15 is 0 Å². The number of halogens is 2. The minimum atomic E-state index is 0.271. The maximum Gasteiger partial charge on any atom is 0.0409 e. The Morgan fingerprint density at radius 1 is 1.22 bits per heavy atom. The molecule has 2 aromatic rings. The molecule has 0 aliphatic heterocycles. The normalized spacial score (nSPS) is 14.4. The van der Waals surface area contributed by atoms with E-state index in [0.717, 1.165) is 5.02 Å². The van der Waals surface area contributed by atoms with Crippen LogP contribution in [0.25, 0.3) is 0 Å². The van der Waals surface area contributed by atoms with E-state index in [4.69, 9.17) is 11.6 Å². The van der Waals surface area contributed by atoms with Gasteiger partial charge in [0.15, 0.2) is 0 Å². The van der Waals surface area contributed by atoms with Crippen molar-refractivity contribution in [2.24, 2.45) is 0 Å². The van der Waals surface area contributed by atoms with Crippen molar-refractivity contribution < 1.29 is 0 Å². The number of nitrogens with one attached hydrogen (secondary N) is 1. The molecule has 1 unspecified atom stereocenters. The standard InChI is InChI=1S/C14H15BrClNS/c1-9(11-4-3-5-12(16)8-11)17-10(2)14-13(15)6-7-18-14/h3-10,17H,1-2H3/t9-,10?/m1/s1. The quantitative estimate of drug-likeness (QED) is 0.764. The second-order valence-corrected chi connectivity index (χ2v) is 6.54. The fourth-order valence-electron chi connectivity index (χ4n) is 1.94. The van der Waals surface area contributed by atoms with E-state index in [2.05, 4.69) is 52.6 Å². The molecule has 18 heavy (non-hydrogen) atoms. The highest BCUT2D eigenvalue weighted by molar-refractivity contribution is 9.10. The topological polar surface area (TPSA) is 12.0 Å². The van der Waals surface area contributed by atoms with Crippen molar-refractivity contribution in [1.82, 2.24) is 5.32 Å². The van der Waals surface area contributed by atoms with Crippen molar-refractivity contribution in [3.05, 3.63) is 55.6 Å². The molecule has 0 aliphatic carbocycles. The van der Waals surface area contributed by atoms with Crippen LogP contribution in [0, 0.1) is 0 Å². The van der Waals surface area contributed by atoms with Gasteiger partial charge in [-0.1, -0.05) is 23.7 Å². The van der Waals surface area contributed by atoms with Crippen LogP contribution in [0.4, 0.5) is 0 Å². The van der Waals surface area contributed by atoms with Crippen molar-refractivity contribution in [2.45, 2.75) is 25.9 Å². The lowest BCUT2D eigenvalue weighted by Crippen LogP contribution is -2.22. The first-order valence-corrected chi connectivity index (χ1v) is 7.87. The molecule has 0 saturated heterocycles. The molecule has 0 aliphatic rings. The minimum absolute atomic E-state index is 0.271. The lowest BCUT2D eigenvalue weighted by molar-refractivity contribution is 0.499. The smallest absolute Gasteiger partial charge is 0.0409 e. The average Bonchev–Trinajstić information content (AvgIpc) is 2.75. The molecule has 0 bridgehead atoms. The molecule has 0 saturated carbocycles. The van der Waals surface area contributed by atoms with E-state index in [-0.39, 0.29) is 6.04 Å². The van der Waals surface area contributed by atoms with Crippen molar-refractivity contribution in [1.29, 1.82) is 0 Å². The number of benzene rings is 1. The van der Waals surface area contributed by atoms with Gasteiger partial charge in [0.2, 0.25) is 0 Å². The van der Waals surface area contributed by atoms with Gasteiger partial charge in [-0.05, 0) is 58.9 Å². The summed E-state index contributed by atoms with van der Waals surface area (Å²) in [5, 5.41) is 6.47. The predicted octanol–water partition coefficient (Wildman–Crippen LogP) is 5.58. The van der Waals surface area contributed by atoms with Gasteiger partial charge in [0.05, 0.1) is 0 Å². The van der Waals surface area contributed by atoms with Gasteiger partial charge in [-0.2, -0.15) is 0 Å². The monoisotopic (exact) mass is 343 g/mol. The lowest BCUT2D eigenvalue weighted by atomic mass is 10.1. The number of rotatable bonds is 4. The zero-order chi connectivity index (χ0) is 13.1. The second-order valence-electron chi connectivity index (χ2n) is 4.30. The summed E-state index contributed by atoms with van der Waals surface area (Å²) in [4.78, 5) is 1.32. The summed E-state index contributed by atoms with van der Waals surface area (Å²) in [7, 11) is 0. The zero-order valence-corrected chi connectivity index (χ0v) is 13.4. The van der Waals surface area contributed by atoms with Crippen molar-refractivity contribution in [3.8, 4) is 0 Å². The van der Waals surface area contributed by atoms with Crippen molar-refractivity contribution in [3.63, 3.8) is 0 Å². The molecule has 0 spiro atoms. The third-order valence-corrected chi connectivity index (χ3v) is 5.18. The maximum atomic E-state index is 6.02. The fraction of sp³-hybridized carbons (Fsp3) is 0.286. The van der Waals surface area contributed by atoms with Crippen LogP contribution in [0.15, 0.2) is 40.2 Å².